The van der Waals surface area contributed by atoms with Crippen molar-refractivity contribution in [2.75, 3.05) is 11.4 Å². The zero-order valence-corrected chi connectivity index (χ0v) is 22.7. The molecule has 1 atom stereocenters. The van der Waals surface area contributed by atoms with Crippen LogP contribution in [0.5, 0.6) is 5.75 Å². The maximum absolute atomic E-state index is 7.17. The Kier molecular flexibility index (Phi) is 5.27. The van der Waals surface area contributed by atoms with Gasteiger partial charge in [0.25, 0.3) is 0 Å². The van der Waals surface area contributed by atoms with Crippen molar-refractivity contribution in [1.82, 2.24) is 4.98 Å². The lowest BCUT2D eigenvalue weighted by Crippen LogP contribution is -2.63. The first-order valence-electron chi connectivity index (χ1n) is 13.7. The highest BCUT2D eigenvalue weighted by atomic mass is 16.5. The van der Waals surface area contributed by atoms with E-state index in [2.05, 4.69) is 88.0 Å². The van der Waals surface area contributed by atoms with Gasteiger partial charge in [-0.1, -0.05) is 46.1 Å². The molecule has 188 valence electrons. The van der Waals surface area contributed by atoms with E-state index < -0.39 is 5.72 Å². The zero-order valence-electron chi connectivity index (χ0n) is 22.7. The summed E-state index contributed by atoms with van der Waals surface area (Å²) in [4.78, 5) is 12.3. The number of ether oxygens (including phenoxy) is 1. The van der Waals surface area contributed by atoms with Crippen LogP contribution < -0.4 is 9.64 Å². The Morgan fingerprint density at radius 1 is 1.03 bits per heavy atom. The van der Waals surface area contributed by atoms with Crippen LogP contribution in [0.2, 0.25) is 0 Å². The average molecular weight is 482 g/mol. The van der Waals surface area contributed by atoms with Gasteiger partial charge in [0, 0.05) is 23.8 Å². The molecule has 3 heterocycles. The van der Waals surface area contributed by atoms with Crippen LogP contribution in [0.25, 0.3) is 10.9 Å². The molecule has 4 heteroatoms. The van der Waals surface area contributed by atoms with Gasteiger partial charge in [0.05, 0.1) is 17.1 Å². The van der Waals surface area contributed by atoms with E-state index in [9.17, 15) is 0 Å². The number of anilines is 1. The first-order chi connectivity index (χ1) is 17.1. The molecule has 1 fully saturated rings. The molecule has 0 amide bonds. The molecule has 1 saturated carbocycles. The van der Waals surface area contributed by atoms with E-state index in [0.29, 0.717) is 5.92 Å². The fourth-order valence-corrected chi connectivity index (χ4v) is 7.17. The topological polar surface area (TPSA) is 37.7 Å². The second-order valence-electron chi connectivity index (χ2n) is 12.7. The third-order valence-electron chi connectivity index (χ3n) is 8.98. The Morgan fingerprint density at radius 2 is 1.81 bits per heavy atom. The van der Waals surface area contributed by atoms with Crippen molar-refractivity contribution in [3.63, 3.8) is 0 Å². The minimum Gasteiger partial charge on any atom is -0.459 e. The molecule has 3 aliphatic rings. The van der Waals surface area contributed by atoms with Crippen LogP contribution in [0.15, 0.2) is 47.6 Å². The lowest BCUT2D eigenvalue weighted by molar-refractivity contribution is 0.0731. The highest BCUT2D eigenvalue weighted by Gasteiger charge is 2.60. The Balaban J connectivity index is 1.54. The van der Waals surface area contributed by atoms with E-state index in [1.54, 1.807) is 0 Å². The van der Waals surface area contributed by atoms with Crippen LogP contribution in [0.4, 0.5) is 11.4 Å². The molecule has 36 heavy (non-hydrogen) atoms. The van der Waals surface area contributed by atoms with E-state index in [-0.39, 0.29) is 10.8 Å². The molecule has 6 rings (SSSR count). The monoisotopic (exact) mass is 481 g/mol. The third kappa shape index (κ3) is 3.33. The summed E-state index contributed by atoms with van der Waals surface area (Å²) in [5, 5.41) is 1.04. The summed E-state index contributed by atoms with van der Waals surface area (Å²) in [6.07, 6.45) is 10.6. The van der Waals surface area contributed by atoms with Gasteiger partial charge in [-0.2, -0.15) is 0 Å². The number of hydrogen-bond donors (Lipinski definition) is 0. The highest BCUT2D eigenvalue weighted by molar-refractivity contribution is 5.98. The minimum atomic E-state index is -0.670. The number of rotatable bonds is 2. The summed E-state index contributed by atoms with van der Waals surface area (Å²) in [7, 11) is 0. The lowest BCUT2D eigenvalue weighted by atomic mass is 9.72. The summed E-state index contributed by atoms with van der Waals surface area (Å²) >= 11 is 0. The first-order valence-corrected chi connectivity index (χ1v) is 13.7. The summed E-state index contributed by atoms with van der Waals surface area (Å²) in [6.45, 7) is 15.0. The third-order valence-corrected chi connectivity index (χ3v) is 8.98. The standard InChI is InChI=1S/C32H39N3O/c1-21-24(30(2,3)4)14-16-26-28(21)31(5,6)32(35(26)19-22-11-8-7-9-12-22)20-34-29-23-13-10-18-33-25(23)15-17-27(29)36-32/h10,13-18,20,22H,7-9,11-12,19H2,1-6H3. The summed E-state index contributed by atoms with van der Waals surface area (Å²) in [5.74, 6) is 1.53. The number of benzene rings is 2. The molecule has 1 aromatic heterocycles. The van der Waals surface area contributed by atoms with Gasteiger partial charge in [0.2, 0.25) is 5.72 Å². The van der Waals surface area contributed by atoms with E-state index >= 15 is 0 Å². The first kappa shape index (κ1) is 23.5. The molecule has 1 unspecified atom stereocenters. The Hall–Kier alpha value is -2.88. The molecule has 0 N–H and O–H groups in total. The maximum Gasteiger partial charge on any atom is 0.228 e. The van der Waals surface area contributed by atoms with Gasteiger partial charge in [0.1, 0.15) is 11.4 Å². The second-order valence-corrected chi connectivity index (χ2v) is 12.7. The van der Waals surface area contributed by atoms with E-state index in [1.165, 1.54) is 54.5 Å². The largest absolute Gasteiger partial charge is 0.459 e. The van der Waals surface area contributed by atoms with Crippen molar-refractivity contribution in [2.24, 2.45) is 10.9 Å². The average Bonchev–Trinajstić information content (AvgIpc) is 3.02. The zero-order chi connectivity index (χ0) is 25.3. The number of hydrogen-bond acceptors (Lipinski definition) is 4. The number of pyridine rings is 1. The molecular formula is C32H39N3O. The molecular weight excluding hydrogens is 442 g/mol. The van der Waals surface area contributed by atoms with Crippen molar-refractivity contribution >= 4 is 28.5 Å². The molecule has 2 aromatic carbocycles. The SMILES string of the molecule is Cc1c(C(C)(C)C)ccc2c1C(C)(C)C1(C=Nc3c(ccc4ncccc34)O1)N2CC1CCCCC1. The van der Waals surface area contributed by atoms with Crippen molar-refractivity contribution in [2.45, 2.75) is 90.2 Å². The van der Waals surface area contributed by atoms with E-state index in [0.717, 1.165) is 28.9 Å². The fraction of sp³-hybridized carbons (Fsp3) is 0.500. The van der Waals surface area contributed by atoms with Crippen molar-refractivity contribution < 1.29 is 4.74 Å². The molecule has 1 aliphatic carbocycles. The summed E-state index contributed by atoms with van der Waals surface area (Å²) in [6, 6.07) is 12.9. The van der Waals surface area contributed by atoms with Crippen molar-refractivity contribution in [3.8, 4) is 5.75 Å². The predicted molar refractivity (Wildman–Crippen MR) is 150 cm³/mol. The molecule has 0 bridgehead atoms. The van der Waals surface area contributed by atoms with Gasteiger partial charge in [-0.25, -0.2) is 0 Å². The van der Waals surface area contributed by atoms with Gasteiger partial charge < -0.3 is 9.64 Å². The Labute approximate surface area is 215 Å². The van der Waals surface area contributed by atoms with Gasteiger partial charge in [-0.3, -0.25) is 9.98 Å². The van der Waals surface area contributed by atoms with Crippen LogP contribution in [-0.2, 0) is 10.8 Å². The van der Waals surface area contributed by atoms with Crippen LogP contribution >= 0.6 is 0 Å². The molecule has 0 saturated heterocycles. The number of aromatic nitrogens is 1. The van der Waals surface area contributed by atoms with Crippen LogP contribution in [-0.4, -0.2) is 23.5 Å². The fourth-order valence-electron chi connectivity index (χ4n) is 7.17. The van der Waals surface area contributed by atoms with E-state index in [4.69, 9.17) is 9.73 Å². The molecule has 2 aliphatic heterocycles. The number of aliphatic imine (C=N–C) groups is 1. The minimum absolute atomic E-state index is 0.0825. The van der Waals surface area contributed by atoms with Crippen LogP contribution in [0.1, 0.15) is 83.4 Å². The van der Waals surface area contributed by atoms with Gasteiger partial charge >= 0.3 is 0 Å². The smallest absolute Gasteiger partial charge is 0.228 e. The Morgan fingerprint density at radius 3 is 2.56 bits per heavy atom. The van der Waals surface area contributed by atoms with Crippen molar-refractivity contribution in [3.05, 3.63) is 59.3 Å². The Bertz CT molecular complexity index is 1360. The van der Waals surface area contributed by atoms with Crippen LogP contribution in [0.3, 0.4) is 0 Å². The quantitative estimate of drug-likeness (QED) is 0.372. The molecule has 1 spiro atoms. The van der Waals surface area contributed by atoms with Crippen LogP contribution in [0, 0.1) is 12.8 Å². The van der Waals surface area contributed by atoms with Gasteiger partial charge in [0.15, 0.2) is 0 Å². The second kappa shape index (κ2) is 8.06. The van der Waals surface area contributed by atoms with Crippen molar-refractivity contribution in [1.29, 1.82) is 0 Å². The van der Waals surface area contributed by atoms with Gasteiger partial charge in [-0.05, 0) is 92.0 Å². The normalized spacial score (nSPS) is 23.1. The lowest BCUT2D eigenvalue weighted by Gasteiger charge is -2.47. The molecule has 3 aromatic rings. The molecule has 0 radical (unpaired) electrons. The maximum atomic E-state index is 7.17. The summed E-state index contributed by atoms with van der Waals surface area (Å²) < 4.78 is 7.17. The van der Waals surface area contributed by atoms with Gasteiger partial charge in [-0.15, -0.1) is 0 Å². The number of fused-ring (bicyclic) bond motifs is 4. The summed E-state index contributed by atoms with van der Waals surface area (Å²) in [5.41, 5.74) is 6.49. The van der Waals surface area contributed by atoms with E-state index in [1.807, 2.05) is 12.3 Å². The number of nitrogens with zero attached hydrogens (tertiary/aromatic N) is 3. The predicted octanol–water partition coefficient (Wildman–Crippen LogP) is 8.01. The molecule has 4 nitrogen and oxygen atoms in total. The highest BCUT2D eigenvalue weighted by Crippen LogP contribution is 2.57.